The van der Waals surface area contributed by atoms with Gasteiger partial charge in [-0.2, -0.15) is 4.98 Å². The second kappa shape index (κ2) is 5.54. The molecule has 2 aromatic rings. The van der Waals surface area contributed by atoms with Gasteiger partial charge in [-0.1, -0.05) is 25.1 Å². The molecular weight excluding hydrogens is 216 g/mol. The summed E-state index contributed by atoms with van der Waals surface area (Å²) in [5, 5.41) is 7.21. The number of nitrogens with one attached hydrogen (secondary N) is 1. The van der Waals surface area contributed by atoms with Gasteiger partial charge < -0.3 is 9.84 Å². The van der Waals surface area contributed by atoms with Gasteiger partial charge in [0.05, 0.1) is 0 Å². The summed E-state index contributed by atoms with van der Waals surface area (Å²) >= 11 is 0. The lowest BCUT2D eigenvalue weighted by Crippen LogP contribution is -2.25. The molecule has 5 nitrogen and oxygen atoms in total. The molecule has 0 aliphatic rings. The van der Waals surface area contributed by atoms with Crippen LogP contribution in [-0.2, 0) is 6.42 Å². The standard InChI is InChI=1S/C12H16N4O/c1-9(2)13-8-6-11-15-12(16-17-11)10-5-3-4-7-14-10/h3-5,7,9,13H,6,8H2,1-2H3. The van der Waals surface area contributed by atoms with Crippen LogP contribution < -0.4 is 5.32 Å². The lowest BCUT2D eigenvalue weighted by atomic mass is 10.3. The van der Waals surface area contributed by atoms with Crippen molar-refractivity contribution in [2.45, 2.75) is 26.3 Å². The Labute approximate surface area is 100 Å². The normalized spacial score (nSPS) is 11.0. The Morgan fingerprint density at radius 2 is 2.24 bits per heavy atom. The fourth-order valence-corrected chi connectivity index (χ4v) is 1.42. The van der Waals surface area contributed by atoms with Gasteiger partial charge >= 0.3 is 0 Å². The minimum Gasteiger partial charge on any atom is -0.339 e. The molecule has 0 spiro atoms. The molecular formula is C12H16N4O. The van der Waals surface area contributed by atoms with Gasteiger partial charge in [-0.05, 0) is 12.1 Å². The fraction of sp³-hybridized carbons (Fsp3) is 0.417. The van der Waals surface area contributed by atoms with Gasteiger partial charge in [0, 0.05) is 25.2 Å². The van der Waals surface area contributed by atoms with Gasteiger partial charge in [0.15, 0.2) is 0 Å². The van der Waals surface area contributed by atoms with Crippen LogP contribution in [0.1, 0.15) is 19.7 Å². The van der Waals surface area contributed by atoms with E-state index in [1.165, 1.54) is 0 Å². The average Bonchev–Trinajstić information content (AvgIpc) is 2.78. The van der Waals surface area contributed by atoms with E-state index in [2.05, 4.69) is 34.3 Å². The molecule has 0 saturated heterocycles. The van der Waals surface area contributed by atoms with E-state index in [9.17, 15) is 0 Å². The maximum atomic E-state index is 5.16. The highest BCUT2D eigenvalue weighted by molar-refractivity contribution is 5.46. The third-order valence-corrected chi connectivity index (χ3v) is 2.25. The molecule has 0 fully saturated rings. The van der Waals surface area contributed by atoms with Crippen LogP contribution in [0.4, 0.5) is 0 Å². The third kappa shape index (κ3) is 3.35. The van der Waals surface area contributed by atoms with Crippen molar-refractivity contribution in [3.8, 4) is 11.5 Å². The van der Waals surface area contributed by atoms with Crippen LogP contribution in [0.3, 0.4) is 0 Å². The Balaban J connectivity index is 1.97. The monoisotopic (exact) mass is 232 g/mol. The molecule has 2 rings (SSSR count). The maximum Gasteiger partial charge on any atom is 0.228 e. The molecule has 0 aliphatic heterocycles. The number of aromatic nitrogens is 3. The van der Waals surface area contributed by atoms with Gasteiger partial charge in [0.2, 0.25) is 11.7 Å². The second-order valence-corrected chi connectivity index (χ2v) is 4.09. The highest BCUT2D eigenvalue weighted by atomic mass is 16.5. The quantitative estimate of drug-likeness (QED) is 0.849. The third-order valence-electron chi connectivity index (χ3n) is 2.25. The van der Waals surface area contributed by atoms with Gasteiger partial charge in [-0.15, -0.1) is 0 Å². The summed E-state index contributed by atoms with van der Waals surface area (Å²) in [6.45, 7) is 5.04. The Hall–Kier alpha value is -1.75. The Bertz CT molecular complexity index is 453. The molecule has 0 saturated carbocycles. The van der Waals surface area contributed by atoms with E-state index in [-0.39, 0.29) is 0 Å². The summed E-state index contributed by atoms with van der Waals surface area (Å²) in [6.07, 6.45) is 2.45. The lowest BCUT2D eigenvalue weighted by Gasteiger charge is -2.04. The van der Waals surface area contributed by atoms with Crippen molar-refractivity contribution < 1.29 is 4.52 Å². The summed E-state index contributed by atoms with van der Waals surface area (Å²) < 4.78 is 5.16. The first kappa shape index (κ1) is 11.7. The molecule has 90 valence electrons. The fourth-order valence-electron chi connectivity index (χ4n) is 1.42. The van der Waals surface area contributed by atoms with Gasteiger partial charge in [0.25, 0.3) is 0 Å². The molecule has 0 amide bonds. The van der Waals surface area contributed by atoms with E-state index in [1.54, 1.807) is 6.20 Å². The van der Waals surface area contributed by atoms with Crippen LogP contribution in [0.15, 0.2) is 28.9 Å². The number of hydrogen-bond acceptors (Lipinski definition) is 5. The predicted molar refractivity (Wildman–Crippen MR) is 64.4 cm³/mol. The zero-order chi connectivity index (χ0) is 12.1. The zero-order valence-corrected chi connectivity index (χ0v) is 10.1. The number of rotatable bonds is 5. The minimum absolute atomic E-state index is 0.466. The van der Waals surface area contributed by atoms with Crippen molar-refractivity contribution in [3.05, 3.63) is 30.3 Å². The second-order valence-electron chi connectivity index (χ2n) is 4.09. The van der Waals surface area contributed by atoms with Crippen LogP contribution >= 0.6 is 0 Å². The van der Waals surface area contributed by atoms with Crippen molar-refractivity contribution in [2.75, 3.05) is 6.54 Å². The predicted octanol–water partition coefficient (Wildman–Crippen LogP) is 1.67. The van der Waals surface area contributed by atoms with Gasteiger partial charge in [-0.25, -0.2) is 0 Å². The highest BCUT2D eigenvalue weighted by Gasteiger charge is 2.08. The Morgan fingerprint density at radius 1 is 1.35 bits per heavy atom. The van der Waals surface area contributed by atoms with Crippen LogP contribution in [0.5, 0.6) is 0 Å². The summed E-state index contributed by atoms with van der Waals surface area (Å²) in [4.78, 5) is 8.47. The average molecular weight is 232 g/mol. The topological polar surface area (TPSA) is 63.8 Å². The molecule has 0 aromatic carbocycles. The molecule has 1 N–H and O–H groups in total. The van der Waals surface area contributed by atoms with Crippen molar-refractivity contribution >= 4 is 0 Å². The number of nitrogens with zero attached hydrogens (tertiary/aromatic N) is 3. The summed E-state index contributed by atoms with van der Waals surface area (Å²) in [5.41, 5.74) is 0.735. The van der Waals surface area contributed by atoms with E-state index >= 15 is 0 Å². The molecule has 5 heteroatoms. The van der Waals surface area contributed by atoms with Crippen molar-refractivity contribution in [1.29, 1.82) is 0 Å². The van der Waals surface area contributed by atoms with E-state index in [4.69, 9.17) is 4.52 Å². The van der Waals surface area contributed by atoms with E-state index in [0.29, 0.717) is 17.8 Å². The lowest BCUT2D eigenvalue weighted by molar-refractivity contribution is 0.374. The molecule has 2 aromatic heterocycles. The van der Waals surface area contributed by atoms with Crippen LogP contribution in [0.25, 0.3) is 11.5 Å². The summed E-state index contributed by atoms with van der Waals surface area (Å²) in [6, 6.07) is 6.09. The highest BCUT2D eigenvalue weighted by Crippen LogP contribution is 2.11. The van der Waals surface area contributed by atoms with E-state index in [0.717, 1.165) is 18.7 Å². The molecule has 17 heavy (non-hydrogen) atoms. The molecule has 0 bridgehead atoms. The van der Waals surface area contributed by atoms with Gasteiger partial charge in [0.1, 0.15) is 5.69 Å². The first-order valence-corrected chi connectivity index (χ1v) is 5.73. The Morgan fingerprint density at radius 3 is 2.94 bits per heavy atom. The van der Waals surface area contributed by atoms with Crippen LogP contribution in [0, 0.1) is 0 Å². The first-order chi connectivity index (χ1) is 8.25. The zero-order valence-electron chi connectivity index (χ0n) is 10.1. The molecule has 2 heterocycles. The van der Waals surface area contributed by atoms with E-state index < -0.39 is 0 Å². The SMILES string of the molecule is CC(C)NCCc1nc(-c2ccccn2)no1. The maximum absolute atomic E-state index is 5.16. The molecule has 0 atom stereocenters. The molecule has 0 unspecified atom stereocenters. The van der Waals surface area contributed by atoms with Crippen molar-refractivity contribution in [3.63, 3.8) is 0 Å². The summed E-state index contributed by atoms with van der Waals surface area (Å²) in [7, 11) is 0. The first-order valence-electron chi connectivity index (χ1n) is 5.73. The summed E-state index contributed by atoms with van der Waals surface area (Å²) in [5.74, 6) is 1.18. The van der Waals surface area contributed by atoms with Crippen molar-refractivity contribution in [1.82, 2.24) is 20.4 Å². The molecule has 0 aliphatic carbocycles. The van der Waals surface area contributed by atoms with Crippen LogP contribution in [0.2, 0.25) is 0 Å². The van der Waals surface area contributed by atoms with E-state index in [1.807, 2.05) is 18.2 Å². The molecule has 0 radical (unpaired) electrons. The number of pyridine rings is 1. The minimum atomic E-state index is 0.466. The van der Waals surface area contributed by atoms with Gasteiger partial charge in [-0.3, -0.25) is 4.98 Å². The number of hydrogen-bond donors (Lipinski definition) is 1. The van der Waals surface area contributed by atoms with Crippen molar-refractivity contribution in [2.24, 2.45) is 0 Å². The Kier molecular flexibility index (Phi) is 3.82. The smallest absolute Gasteiger partial charge is 0.228 e. The van der Waals surface area contributed by atoms with Crippen LogP contribution in [-0.4, -0.2) is 27.7 Å². The largest absolute Gasteiger partial charge is 0.339 e.